The summed E-state index contributed by atoms with van der Waals surface area (Å²) in [6.45, 7) is 3.47. The van der Waals surface area contributed by atoms with Crippen LogP contribution in [0, 0.1) is 6.92 Å². The number of benzene rings is 2. The molecular weight excluding hydrogens is 388 g/mol. The molecule has 0 aliphatic carbocycles. The molecule has 0 fully saturated rings. The molecule has 0 bridgehead atoms. The number of carbonyl (C=O) groups is 2. The van der Waals surface area contributed by atoms with Crippen molar-refractivity contribution >= 4 is 39.1 Å². The fraction of sp³-hybridized carbons (Fsp3) is 0.136. The largest absolute Gasteiger partial charge is 0.447 e. The van der Waals surface area contributed by atoms with E-state index in [2.05, 4.69) is 10.3 Å². The Morgan fingerprint density at radius 2 is 1.83 bits per heavy atom. The Labute approximate surface area is 171 Å². The molecule has 2 heterocycles. The van der Waals surface area contributed by atoms with Gasteiger partial charge in [-0.2, -0.15) is 0 Å². The minimum Gasteiger partial charge on any atom is -0.447 e. The molecule has 0 spiro atoms. The summed E-state index contributed by atoms with van der Waals surface area (Å²) in [5.74, 6) is -0.617. The van der Waals surface area contributed by atoms with Gasteiger partial charge in [-0.15, -0.1) is 11.3 Å². The second-order valence-corrected chi connectivity index (χ2v) is 7.58. The highest BCUT2D eigenvalue weighted by atomic mass is 32.1. The first-order valence-electron chi connectivity index (χ1n) is 9.04. The summed E-state index contributed by atoms with van der Waals surface area (Å²) < 4.78 is 11.9. The van der Waals surface area contributed by atoms with E-state index < -0.39 is 18.0 Å². The lowest BCUT2D eigenvalue weighted by Crippen LogP contribution is -2.29. The molecule has 0 aliphatic rings. The minimum absolute atomic E-state index is 0.0224. The van der Waals surface area contributed by atoms with Crippen molar-refractivity contribution in [2.75, 3.05) is 5.32 Å². The number of ether oxygens (including phenoxy) is 1. The number of furan rings is 1. The zero-order valence-electron chi connectivity index (χ0n) is 15.8. The number of amides is 1. The number of nitrogens with zero attached hydrogens (tertiary/aromatic N) is 1. The summed E-state index contributed by atoms with van der Waals surface area (Å²) in [5, 5.41) is 3.39. The molecule has 1 atom stereocenters. The van der Waals surface area contributed by atoms with Crippen LogP contribution in [0.3, 0.4) is 0 Å². The summed E-state index contributed by atoms with van der Waals surface area (Å²) in [6, 6.07) is 18.3. The molecule has 0 aliphatic heterocycles. The molecule has 7 heteroatoms. The van der Waals surface area contributed by atoms with Gasteiger partial charge in [-0.05, 0) is 50.2 Å². The summed E-state index contributed by atoms with van der Waals surface area (Å²) in [5.41, 5.74) is 2.60. The third-order valence-corrected chi connectivity index (χ3v) is 5.33. The van der Waals surface area contributed by atoms with Crippen LogP contribution in [0.5, 0.6) is 0 Å². The maximum atomic E-state index is 12.4. The Balaban J connectivity index is 1.41. The summed E-state index contributed by atoms with van der Waals surface area (Å²) in [4.78, 5) is 29.1. The molecule has 1 N–H and O–H groups in total. The standard InChI is InChI=1S/C22H18N2O4S/c1-13-7-9-15(10-8-13)23-20(25)14(2)27-22(26)18-12-11-17(28-18)21-24-16-5-3-4-6-19(16)29-21/h3-12,14H,1-2H3,(H,23,25)/t14-/m0/s1. The van der Waals surface area contributed by atoms with Crippen molar-refractivity contribution in [3.05, 3.63) is 72.0 Å². The number of para-hydroxylation sites is 1. The number of aromatic nitrogens is 1. The topological polar surface area (TPSA) is 81.4 Å². The molecule has 4 aromatic rings. The lowest BCUT2D eigenvalue weighted by molar-refractivity contribution is -0.123. The van der Waals surface area contributed by atoms with Gasteiger partial charge in [0, 0.05) is 5.69 Å². The Hall–Kier alpha value is -3.45. The first-order valence-corrected chi connectivity index (χ1v) is 9.85. The van der Waals surface area contributed by atoms with E-state index in [4.69, 9.17) is 9.15 Å². The smallest absolute Gasteiger partial charge is 0.375 e. The fourth-order valence-electron chi connectivity index (χ4n) is 2.69. The van der Waals surface area contributed by atoms with Crippen LogP contribution in [0.2, 0.25) is 0 Å². The molecule has 2 aromatic heterocycles. The van der Waals surface area contributed by atoms with E-state index in [0.717, 1.165) is 15.8 Å². The van der Waals surface area contributed by atoms with Gasteiger partial charge in [-0.3, -0.25) is 4.79 Å². The zero-order valence-corrected chi connectivity index (χ0v) is 16.7. The zero-order chi connectivity index (χ0) is 20.4. The van der Waals surface area contributed by atoms with E-state index >= 15 is 0 Å². The molecule has 6 nitrogen and oxygen atoms in total. The van der Waals surface area contributed by atoms with Gasteiger partial charge in [-0.25, -0.2) is 9.78 Å². The van der Waals surface area contributed by atoms with Gasteiger partial charge in [-0.1, -0.05) is 29.8 Å². The van der Waals surface area contributed by atoms with Crippen LogP contribution in [-0.4, -0.2) is 23.0 Å². The maximum Gasteiger partial charge on any atom is 0.375 e. The average molecular weight is 406 g/mol. The summed E-state index contributed by atoms with van der Waals surface area (Å²) in [7, 11) is 0. The Morgan fingerprint density at radius 1 is 1.07 bits per heavy atom. The number of fused-ring (bicyclic) bond motifs is 1. The monoisotopic (exact) mass is 406 g/mol. The minimum atomic E-state index is -0.972. The van der Waals surface area contributed by atoms with Crippen LogP contribution in [-0.2, 0) is 9.53 Å². The first-order chi connectivity index (χ1) is 14.0. The second-order valence-electron chi connectivity index (χ2n) is 6.55. The van der Waals surface area contributed by atoms with Crippen LogP contribution in [0.25, 0.3) is 21.0 Å². The number of hydrogen-bond acceptors (Lipinski definition) is 6. The van der Waals surface area contributed by atoms with Crippen LogP contribution < -0.4 is 5.32 Å². The van der Waals surface area contributed by atoms with Crippen molar-refractivity contribution < 1.29 is 18.7 Å². The first kappa shape index (κ1) is 18.9. The number of esters is 1. The Morgan fingerprint density at radius 3 is 2.59 bits per heavy atom. The molecule has 0 saturated carbocycles. The maximum absolute atomic E-state index is 12.4. The summed E-state index contributed by atoms with van der Waals surface area (Å²) in [6.07, 6.45) is -0.972. The summed E-state index contributed by atoms with van der Waals surface area (Å²) >= 11 is 1.48. The van der Waals surface area contributed by atoms with Crippen LogP contribution in [0.4, 0.5) is 5.69 Å². The number of thiazole rings is 1. The molecule has 4 rings (SSSR count). The van der Waals surface area contributed by atoms with Crippen molar-refractivity contribution in [1.29, 1.82) is 0 Å². The van der Waals surface area contributed by atoms with E-state index in [-0.39, 0.29) is 5.76 Å². The normalized spacial score (nSPS) is 11.9. The van der Waals surface area contributed by atoms with E-state index in [9.17, 15) is 9.59 Å². The molecule has 29 heavy (non-hydrogen) atoms. The average Bonchev–Trinajstić information content (AvgIpc) is 3.36. The number of nitrogens with one attached hydrogen (secondary N) is 1. The molecule has 146 valence electrons. The number of anilines is 1. The van der Waals surface area contributed by atoms with E-state index in [1.165, 1.54) is 24.3 Å². The van der Waals surface area contributed by atoms with Gasteiger partial charge < -0.3 is 14.5 Å². The van der Waals surface area contributed by atoms with E-state index in [0.29, 0.717) is 16.5 Å². The molecule has 0 radical (unpaired) electrons. The van der Waals surface area contributed by atoms with Gasteiger partial charge in [0.25, 0.3) is 5.91 Å². The van der Waals surface area contributed by atoms with Gasteiger partial charge in [0.1, 0.15) is 0 Å². The van der Waals surface area contributed by atoms with Gasteiger partial charge in [0.15, 0.2) is 16.9 Å². The van der Waals surface area contributed by atoms with Crippen molar-refractivity contribution in [3.8, 4) is 10.8 Å². The molecule has 0 saturated heterocycles. The third-order valence-electron chi connectivity index (χ3n) is 4.28. The highest BCUT2D eigenvalue weighted by Gasteiger charge is 2.22. The van der Waals surface area contributed by atoms with Crippen molar-refractivity contribution in [3.63, 3.8) is 0 Å². The predicted molar refractivity (Wildman–Crippen MR) is 112 cm³/mol. The van der Waals surface area contributed by atoms with Gasteiger partial charge in [0.2, 0.25) is 5.76 Å². The van der Waals surface area contributed by atoms with E-state index in [1.54, 1.807) is 18.2 Å². The molecule has 1 amide bonds. The quantitative estimate of drug-likeness (QED) is 0.469. The van der Waals surface area contributed by atoms with Crippen LogP contribution in [0.1, 0.15) is 23.0 Å². The number of carbonyl (C=O) groups excluding carboxylic acids is 2. The van der Waals surface area contributed by atoms with Crippen molar-refractivity contribution in [1.82, 2.24) is 4.98 Å². The number of aryl methyl sites for hydroxylation is 1. The van der Waals surface area contributed by atoms with Crippen LogP contribution in [0.15, 0.2) is 65.1 Å². The SMILES string of the molecule is Cc1ccc(NC(=O)[C@H](C)OC(=O)c2ccc(-c3nc4ccccc4s3)o2)cc1. The predicted octanol–water partition coefficient (Wildman–Crippen LogP) is 5.05. The molecule has 2 aromatic carbocycles. The van der Waals surface area contributed by atoms with Gasteiger partial charge >= 0.3 is 5.97 Å². The van der Waals surface area contributed by atoms with Crippen molar-refractivity contribution in [2.24, 2.45) is 0 Å². The molecular formula is C22H18N2O4S. The fourth-order valence-corrected chi connectivity index (χ4v) is 3.62. The second kappa shape index (κ2) is 7.89. The highest BCUT2D eigenvalue weighted by Crippen LogP contribution is 2.31. The van der Waals surface area contributed by atoms with E-state index in [1.807, 2.05) is 43.3 Å². The lowest BCUT2D eigenvalue weighted by Gasteiger charge is -2.12. The highest BCUT2D eigenvalue weighted by molar-refractivity contribution is 7.21. The van der Waals surface area contributed by atoms with Crippen molar-refractivity contribution in [2.45, 2.75) is 20.0 Å². The Kier molecular flexibility index (Phi) is 5.14. The van der Waals surface area contributed by atoms with Crippen LogP contribution >= 0.6 is 11.3 Å². The number of rotatable bonds is 5. The number of hydrogen-bond donors (Lipinski definition) is 1. The third kappa shape index (κ3) is 4.20. The molecule has 0 unspecified atom stereocenters. The lowest BCUT2D eigenvalue weighted by atomic mass is 10.2. The van der Waals surface area contributed by atoms with Gasteiger partial charge in [0.05, 0.1) is 10.2 Å². The Bertz CT molecular complexity index is 1140.